The van der Waals surface area contributed by atoms with Crippen molar-refractivity contribution >= 4 is 18.3 Å². The van der Waals surface area contributed by atoms with Crippen molar-refractivity contribution in [3.63, 3.8) is 0 Å². The molecule has 4 N–H and O–H groups in total. The van der Waals surface area contributed by atoms with E-state index in [1.807, 2.05) is 24.3 Å². The van der Waals surface area contributed by atoms with E-state index in [-0.39, 0.29) is 36.8 Å². The van der Waals surface area contributed by atoms with Crippen LogP contribution in [0.3, 0.4) is 0 Å². The van der Waals surface area contributed by atoms with Crippen LogP contribution in [0.5, 0.6) is 5.75 Å². The van der Waals surface area contributed by atoms with Crippen LogP contribution < -0.4 is 15.8 Å². The number of rotatable bonds is 5. The fraction of sp³-hybridized carbons (Fsp3) is 0.632. The van der Waals surface area contributed by atoms with E-state index in [4.69, 9.17) is 10.5 Å². The molecule has 1 aromatic carbocycles. The van der Waals surface area contributed by atoms with E-state index in [2.05, 4.69) is 5.32 Å². The molecule has 0 aromatic heterocycles. The fourth-order valence-corrected chi connectivity index (χ4v) is 4.29. The molecular weight excluding hydrogens is 340 g/mol. The van der Waals surface area contributed by atoms with Gasteiger partial charge in [0.1, 0.15) is 5.75 Å². The maximum Gasteiger partial charge on any atom is 0.223 e. The Kier molecular flexibility index (Phi) is 7.11. The zero-order valence-corrected chi connectivity index (χ0v) is 15.5. The van der Waals surface area contributed by atoms with Gasteiger partial charge in [-0.05, 0) is 55.2 Å². The van der Waals surface area contributed by atoms with Crippen LogP contribution in [0.2, 0.25) is 0 Å². The molecule has 0 aliphatic heterocycles. The summed E-state index contributed by atoms with van der Waals surface area (Å²) in [4.78, 5) is 12.5. The summed E-state index contributed by atoms with van der Waals surface area (Å²) in [6.07, 6.45) is 4.62. The minimum absolute atomic E-state index is 0. The SMILES string of the molecule is COc1ccc(C(O)CNC(=O)C2CC3CCCC(C2)C3N)cc1.Cl. The number of ether oxygens (including phenoxy) is 1. The lowest BCUT2D eigenvalue weighted by atomic mass is 9.65. The first-order chi connectivity index (χ1) is 11.6. The van der Waals surface area contributed by atoms with Crippen molar-refractivity contribution in [3.05, 3.63) is 29.8 Å². The van der Waals surface area contributed by atoms with Crippen LogP contribution in [0.15, 0.2) is 24.3 Å². The predicted molar refractivity (Wildman–Crippen MR) is 99.7 cm³/mol. The number of halogens is 1. The molecule has 3 rings (SSSR count). The summed E-state index contributed by atoms with van der Waals surface area (Å²) in [6, 6.07) is 7.53. The first kappa shape index (κ1) is 20.0. The summed E-state index contributed by atoms with van der Waals surface area (Å²) in [5.41, 5.74) is 7.06. The summed E-state index contributed by atoms with van der Waals surface area (Å²) in [5.74, 6) is 1.83. The normalized spacial score (nSPS) is 29.2. The minimum Gasteiger partial charge on any atom is -0.497 e. The molecule has 0 heterocycles. The molecule has 3 atom stereocenters. The van der Waals surface area contributed by atoms with E-state index < -0.39 is 6.10 Å². The predicted octanol–water partition coefficient (Wildman–Crippen LogP) is 2.42. The second-order valence-electron chi connectivity index (χ2n) is 7.23. The van der Waals surface area contributed by atoms with Crippen molar-refractivity contribution in [2.45, 2.75) is 44.2 Å². The van der Waals surface area contributed by atoms with Gasteiger partial charge in [-0.1, -0.05) is 18.6 Å². The van der Waals surface area contributed by atoms with Gasteiger partial charge in [0, 0.05) is 18.5 Å². The molecule has 3 unspecified atom stereocenters. The molecule has 1 amide bonds. The van der Waals surface area contributed by atoms with Gasteiger partial charge >= 0.3 is 0 Å². The number of carbonyl (C=O) groups is 1. The number of aliphatic hydroxyl groups is 1. The molecule has 2 bridgehead atoms. The van der Waals surface area contributed by atoms with E-state index in [1.165, 1.54) is 6.42 Å². The van der Waals surface area contributed by atoms with Gasteiger partial charge in [-0.15, -0.1) is 12.4 Å². The number of aliphatic hydroxyl groups excluding tert-OH is 1. The first-order valence-electron chi connectivity index (χ1n) is 8.93. The van der Waals surface area contributed by atoms with Crippen molar-refractivity contribution < 1.29 is 14.6 Å². The summed E-state index contributed by atoms with van der Waals surface area (Å²) in [7, 11) is 1.61. The van der Waals surface area contributed by atoms with Crippen LogP contribution in [-0.2, 0) is 4.79 Å². The highest BCUT2D eigenvalue weighted by Gasteiger charge is 2.40. The second kappa shape index (κ2) is 8.88. The fourth-order valence-electron chi connectivity index (χ4n) is 4.29. The molecule has 1 aromatic rings. The molecule has 5 nitrogen and oxygen atoms in total. The van der Waals surface area contributed by atoms with Crippen LogP contribution in [0.25, 0.3) is 0 Å². The lowest BCUT2D eigenvalue weighted by molar-refractivity contribution is -0.128. The smallest absolute Gasteiger partial charge is 0.223 e. The Balaban J connectivity index is 0.00000225. The van der Waals surface area contributed by atoms with Crippen molar-refractivity contribution in [2.75, 3.05) is 13.7 Å². The van der Waals surface area contributed by atoms with Gasteiger partial charge in [-0.2, -0.15) is 0 Å². The number of nitrogens with one attached hydrogen (secondary N) is 1. The number of benzene rings is 1. The van der Waals surface area contributed by atoms with Gasteiger partial charge in [-0.3, -0.25) is 4.79 Å². The zero-order chi connectivity index (χ0) is 17.1. The Hall–Kier alpha value is -1.30. The largest absolute Gasteiger partial charge is 0.497 e. The standard InChI is InChI=1S/C19H28N2O3.ClH/c1-24-16-7-5-12(6-8-16)17(22)11-21-19(23)15-9-13-3-2-4-14(10-15)18(13)20;/h5-8,13-15,17-18,22H,2-4,9-11,20H2,1H3,(H,21,23);1H. The first-order valence-corrected chi connectivity index (χ1v) is 8.93. The van der Waals surface area contributed by atoms with E-state index in [0.29, 0.717) is 11.8 Å². The van der Waals surface area contributed by atoms with Crippen LogP contribution >= 0.6 is 12.4 Å². The Labute approximate surface area is 155 Å². The van der Waals surface area contributed by atoms with Crippen molar-refractivity contribution in [2.24, 2.45) is 23.5 Å². The van der Waals surface area contributed by atoms with Gasteiger partial charge in [0.05, 0.1) is 13.2 Å². The average molecular weight is 369 g/mol. The number of amides is 1. The molecule has 2 aliphatic carbocycles. The zero-order valence-electron chi connectivity index (χ0n) is 14.7. The Morgan fingerprint density at radius 1 is 1.28 bits per heavy atom. The molecule has 6 heteroatoms. The van der Waals surface area contributed by atoms with E-state index in [0.717, 1.165) is 37.0 Å². The minimum atomic E-state index is -0.704. The number of carbonyl (C=O) groups excluding carboxylic acids is 1. The highest BCUT2D eigenvalue weighted by Crippen LogP contribution is 2.41. The molecular formula is C19H29ClN2O3. The quantitative estimate of drug-likeness (QED) is 0.745. The lowest BCUT2D eigenvalue weighted by Crippen LogP contribution is -2.49. The molecule has 0 spiro atoms. The average Bonchev–Trinajstić information content (AvgIpc) is 2.59. The van der Waals surface area contributed by atoms with E-state index in [9.17, 15) is 9.90 Å². The second-order valence-corrected chi connectivity index (χ2v) is 7.23. The topological polar surface area (TPSA) is 84.6 Å². The summed E-state index contributed by atoms with van der Waals surface area (Å²) < 4.78 is 5.11. The maximum atomic E-state index is 12.5. The maximum absolute atomic E-state index is 12.5. The molecule has 25 heavy (non-hydrogen) atoms. The number of methoxy groups -OCH3 is 1. The number of hydrogen-bond acceptors (Lipinski definition) is 4. The highest BCUT2D eigenvalue weighted by atomic mass is 35.5. The van der Waals surface area contributed by atoms with Crippen LogP contribution in [0.1, 0.15) is 43.8 Å². The van der Waals surface area contributed by atoms with Gasteiger partial charge in [0.25, 0.3) is 0 Å². The molecule has 2 saturated carbocycles. The number of nitrogens with two attached hydrogens (primary N) is 1. The summed E-state index contributed by atoms with van der Waals surface area (Å²) >= 11 is 0. The van der Waals surface area contributed by atoms with Gasteiger partial charge in [-0.25, -0.2) is 0 Å². The van der Waals surface area contributed by atoms with E-state index >= 15 is 0 Å². The summed E-state index contributed by atoms with van der Waals surface area (Å²) in [5, 5.41) is 13.2. The molecule has 0 saturated heterocycles. The van der Waals surface area contributed by atoms with Gasteiger partial charge < -0.3 is 20.9 Å². The van der Waals surface area contributed by atoms with Crippen LogP contribution in [-0.4, -0.2) is 30.7 Å². The van der Waals surface area contributed by atoms with Crippen molar-refractivity contribution in [3.8, 4) is 5.75 Å². The highest BCUT2D eigenvalue weighted by molar-refractivity contribution is 5.85. The molecule has 0 radical (unpaired) electrons. The Morgan fingerprint density at radius 2 is 1.88 bits per heavy atom. The van der Waals surface area contributed by atoms with Gasteiger partial charge in [0.15, 0.2) is 0 Å². The third-order valence-corrected chi connectivity index (χ3v) is 5.75. The lowest BCUT2D eigenvalue weighted by Gasteiger charge is -2.43. The van der Waals surface area contributed by atoms with Crippen molar-refractivity contribution in [1.82, 2.24) is 5.32 Å². The Morgan fingerprint density at radius 3 is 2.44 bits per heavy atom. The number of fused-ring (bicyclic) bond motifs is 2. The molecule has 140 valence electrons. The summed E-state index contributed by atoms with van der Waals surface area (Å²) in [6.45, 7) is 0.239. The number of hydrogen-bond donors (Lipinski definition) is 3. The van der Waals surface area contributed by atoms with Crippen molar-refractivity contribution in [1.29, 1.82) is 0 Å². The van der Waals surface area contributed by atoms with Crippen LogP contribution in [0, 0.1) is 17.8 Å². The Bertz CT molecular complexity index is 552. The molecule has 2 aliphatic rings. The molecule has 2 fully saturated rings. The van der Waals surface area contributed by atoms with Crippen LogP contribution in [0.4, 0.5) is 0 Å². The third-order valence-electron chi connectivity index (χ3n) is 5.75. The van der Waals surface area contributed by atoms with Gasteiger partial charge in [0.2, 0.25) is 5.91 Å². The third kappa shape index (κ3) is 4.66. The monoisotopic (exact) mass is 368 g/mol. The van der Waals surface area contributed by atoms with E-state index in [1.54, 1.807) is 7.11 Å².